The molecule has 0 unspecified atom stereocenters. The largest absolute Gasteiger partial charge is 0.465 e. The van der Waals surface area contributed by atoms with Crippen molar-refractivity contribution < 1.29 is 14.3 Å². The predicted octanol–water partition coefficient (Wildman–Crippen LogP) is 3.47. The third kappa shape index (κ3) is 6.59. The zero-order chi connectivity index (χ0) is 15.8. The zero-order valence-corrected chi connectivity index (χ0v) is 14.1. The number of rotatable bonds is 7. The van der Waals surface area contributed by atoms with Gasteiger partial charge in [0.05, 0.1) is 24.2 Å². The third-order valence-electron chi connectivity index (χ3n) is 2.56. The van der Waals surface area contributed by atoms with Crippen LogP contribution < -0.4 is 5.32 Å². The zero-order valence-electron chi connectivity index (χ0n) is 11.8. The van der Waals surface area contributed by atoms with Crippen molar-refractivity contribution in [2.45, 2.75) is 19.9 Å². The van der Waals surface area contributed by atoms with Gasteiger partial charge in [0.25, 0.3) is 0 Å². The molecule has 0 aliphatic carbocycles. The normalized spacial score (nSPS) is 11.8. The molecule has 0 saturated carbocycles. The van der Waals surface area contributed by atoms with Gasteiger partial charge < -0.3 is 10.1 Å². The summed E-state index contributed by atoms with van der Waals surface area (Å²) in [7, 11) is 0. The van der Waals surface area contributed by atoms with Crippen LogP contribution in [0.4, 0.5) is 0 Å². The van der Waals surface area contributed by atoms with Crippen LogP contribution >= 0.6 is 35.0 Å². The van der Waals surface area contributed by atoms with Crippen molar-refractivity contribution in [3.63, 3.8) is 0 Å². The number of esters is 1. The van der Waals surface area contributed by atoms with Gasteiger partial charge in [-0.25, -0.2) is 0 Å². The first-order valence-electron chi connectivity index (χ1n) is 6.41. The topological polar surface area (TPSA) is 55.4 Å². The predicted molar refractivity (Wildman–Crippen MR) is 87.0 cm³/mol. The van der Waals surface area contributed by atoms with Crippen molar-refractivity contribution >= 4 is 46.8 Å². The Labute approximate surface area is 138 Å². The molecule has 0 aromatic heterocycles. The van der Waals surface area contributed by atoms with Crippen LogP contribution in [-0.4, -0.2) is 30.0 Å². The first-order chi connectivity index (χ1) is 9.93. The van der Waals surface area contributed by atoms with E-state index >= 15 is 0 Å². The first-order valence-corrected chi connectivity index (χ1v) is 8.32. The summed E-state index contributed by atoms with van der Waals surface area (Å²) in [6.07, 6.45) is 0. The van der Waals surface area contributed by atoms with Crippen molar-refractivity contribution in [2.24, 2.45) is 0 Å². The fourth-order valence-electron chi connectivity index (χ4n) is 1.64. The maximum atomic E-state index is 11.8. The van der Waals surface area contributed by atoms with E-state index in [1.165, 1.54) is 11.8 Å². The molecule has 1 rings (SSSR count). The van der Waals surface area contributed by atoms with Gasteiger partial charge in [0.15, 0.2) is 0 Å². The Morgan fingerprint density at radius 2 is 2.05 bits per heavy atom. The van der Waals surface area contributed by atoms with Crippen LogP contribution in [-0.2, 0) is 14.3 Å². The highest BCUT2D eigenvalue weighted by molar-refractivity contribution is 8.00. The SMILES string of the molecule is CCOC(=O)CSCC(=O)N[C@H](C)c1ccc(Cl)cc1Cl. The van der Waals surface area contributed by atoms with Gasteiger partial charge in [-0.3, -0.25) is 9.59 Å². The lowest BCUT2D eigenvalue weighted by Gasteiger charge is -2.15. The number of ether oxygens (including phenoxy) is 1. The van der Waals surface area contributed by atoms with E-state index in [4.69, 9.17) is 27.9 Å². The van der Waals surface area contributed by atoms with Gasteiger partial charge >= 0.3 is 5.97 Å². The van der Waals surface area contributed by atoms with Crippen LogP contribution in [0.15, 0.2) is 18.2 Å². The second-order valence-corrected chi connectivity index (χ2v) is 6.08. The fraction of sp³-hybridized carbons (Fsp3) is 0.429. The smallest absolute Gasteiger partial charge is 0.315 e. The van der Waals surface area contributed by atoms with Gasteiger partial charge in [-0.2, -0.15) is 0 Å². The molecule has 4 nitrogen and oxygen atoms in total. The van der Waals surface area contributed by atoms with Crippen molar-refractivity contribution in [2.75, 3.05) is 18.1 Å². The minimum absolute atomic E-state index is 0.164. The van der Waals surface area contributed by atoms with E-state index in [1.807, 2.05) is 6.92 Å². The fourth-order valence-corrected chi connectivity index (χ4v) is 2.84. The summed E-state index contributed by atoms with van der Waals surface area (Å²) in [5.74, 6) is -0.127. The molecular weight excluding hydrogens is 333 g/mol. The maximum Gasteiger partial charge on any atom is 0.315 e. The van der Waals surface area contributed by atoms with Crippen LogP contribution in [0.1, 0.15) is 25.5 Å². The lowest BCUT2D eigenvalue weighted by atomic mass is 10.1. The van der Waals surface area contributed by atoms with Gasteiger partial charge in [0, 0.05) is 10.0 Å². The van der Waals surface area contributed by atoms with Crippen molar-refractivity contribution in [3.8, 4) is 0 Å². The molecule has 0 aliphatic rings. The van der Waals surface area contributed by atoms with Crippen LogP contribution in [0.5, 0.6) is 0 Å². The standard InChI is InChI=1S/C14H17Cl2NO3S/c1-3-20-14(19)8-21-7-13(18)17-9(2)11-5-4-10(15)6-12(11)16/h4-6,9H,3,7-8H2,1-2H3,(H,17,18)/t9-/m1/s1. The summed E-state index contributed by atoms with van der Waals surface area (Å²) in [6, 6.07) is 4.91. The number of halogens is 2. The van der Waals surface area contributed by atoms with E-state index in [9.17, 15) is 9.59 Å². The molecule has 1 aromatic rings. The molecule has 0 heterocycles. The molecule has 0 aliphatic heterocycles. The van der Waals surface area contributed by atoms with E-state index in [0.717, 1.165) is 5.56 Å². The summed E-state index contributed by atoms with van der Waals surface area (Å²) in [6.45, 7) is 3.92. The molecule has 1 N–H and O–H groups in total. The number of carbonyl (C=O) groups excluding carboxylic acids is 2. The third-order valence-corrected chi connectivity index (χ3v) is 4.03. The highest BCUT2D eigenvalue weighted by Crippen LogP contribution is 2.26. The Bertz CT molecular complexity index is 511. The molecular formula is C14H17Cl2NO3S. The quantitative estimate of drug-likeness (QED) is 0.765. The minimum Gasteiger partial charge on any atom is -0.465 e. The Kier molecular flexibility index (Phi) is 7.93. The number of amides is 1. The van der Waals surface area contributed by atoms with Crippen molar-refractivity contribution in [3.05, 3.63) is 33.8 Å². The highest BCUT2D eigenvalue weighted by atomic mass is 35.5. The molecule has 1 aromatic carbocycles. The van der Waals surface area contributed by atoms with Gasteiger partial charge in [-0.15, -0.1) is 11.8 Å². The summed E-state index contributed by atoms with van der Waals surface area (Å²) in [4.78, 5) is 22.9. The second-order valence-electron chi connectivity index (χ2n) is 4.25. The Morgan fingerprint density at radius 3 is 2.67 bits per heavy atom. The average Bonchev–Trinajstić information content (AvgIpc) is 2.38. The van der Waals surface area contributed by atoms with Gasteiger partial charge in [-0.05, 0) is 31.5 Å². The second kappa shape index (κ2) is 9.18. The van der Waals surface area contributed by atoms with E-state index in [0.29, 0.717) is 16.7 Å². The average molecular weight is 350 g/mol. The molecule has 1 amide bonds. The van der Waals surface area contributed by atoms with Gasteiger partial charge in [-0.1, -0.05) is 29.3 Å². The van der Waals surface area contributed by atoms with Crippen LogP contribution in [0.25, 0.3) is 0 Å². The highest BCUT2D eigenvalue weighted by Gasteiger charge is 2.13. The molecule has 21 heavy (non-hydrogen) atoms. The van der Waals surface area contributed by atoms with E-state index in [2.05, 4.69) is 5.32 Å². The summed E-state index contributed by atoms with van der Waals surface area (Å²) in [5, 5.41) is 3.88. The van der Waals surface area contributed by atoms with Gasteiger partial charge in [0.1, 0.15) is 0 Å². The molecule has 1 atom stereocenters. The van der Waals surface area contributed by atoms with Gasteiger partial charge in [0.2, 0.25) is 5.91 Å². The summed E-state index contributed by atoms with van der Waals surface area (Å²) >= 11 is 13.1. The summed E-state index contributed by atoms with van der Waals surface area (Å²) in [5.41, 5.74) is 0.796. The number of hydrogen-bond acceptors (Lipinski definition) is 4. The van der Waals surface area contributed by atoms with Crippen molar-refractivity contribution in [1.29, 1.82) is 0 Å². The monoisotopic (exact) mass is 349 g/mol. The van der Waals surface area contributed by atoms with E-state index in [1.54, 1.807) is 25.1 Å². The lowest BCUT2D eigenvalue weighted by molar-refractivity contribution is -0.139. The maximum absolute atomic E-state index is 11.8. The van der Waals surface area contributed by atoms with E-state index < -0.39 is 0 Å². The molecule has 116 valence electrons. The number of thioether (sulfide) groups is 1. The van der Waals surface area contributed by atoms with Crippen LogP contribution in [0.3, 0.4) is 0 Å². The molecule has 0 spiro atoms. The Balaban J connectivity index is 2.42. The number of hydrogen-bond donors (Lipinski definition) is 1. The van der Waals surface area contributed by atoms with Crippen molar-refractivity contribution in [1.82, 2.24) is 5.32 Å². The number of carbonyl (C=O) groups is 2. The molecule has 7 heteroatoms. The number of benzene rings is 1. The Hall–Kier alpha value is -0.910. The first kappa shape index (κ1) is 18.1. The van der Waals surface area contributed by atoms with Crippen LogP contribution in [0, 0.1) is 0 Å². The molecule has 0 radical (unpaired) electrons. The molecule has 0 bridgehead atoms. The molecule has 0 saturated heterocycles. The lowest BCUT2D eigenvalue weighted by Crippen LogP contribution is -2.28. The van der Waals surface area contributed by atoms with E-state index in [-0.39, 0.29) is 29.4 Å². The van der Waals surface area contributed by atoms with Crippen LogP contribution in [0.2, 0.25) is 10.0 Å². The summed E-state index contributed by atoms with van der Waals surface area (Å²) < 4.78 is 4.78. The molecule has 0 fully saturated rings. The Morgan fingerprint density at radius 1 is 1.33 bits per heavy atom. The number of nitrogens with one attached hydrogen (secondary N) is 1. The minimum atomic E-state index is -0.316.